The van der Waals surface area contributed by atoms with E-state index in [2.05, 4.69) is 39.9 Å². The Morgan fingerprint density at radius 3 is 2.79 bits per heavy atom. The summed E-state index contributed by atoms with van der Waals surface area (Å²) < 4.78 is 0. The van der Waals surface area contributed by atoms with Gasteiger partial charge < -0.3 is 5.32 Å². The molecule has 1 aromatic heterocycles. The van der Waals surface area contributed by atoms with Crippen LogP contribution in [0.15, 0.2) is 66.2 Å². The van der Waals surface area contributed by atoms with Gasteiger partial charge in [0.15, 0.2) is 5.13 Å². The van der Waals surface area contributed by atoms with Gasteiger partial charge >= 0.3 is 0 Å². The highest BCUT2D eigenvalue weighted by atomic mass is 32.1. The molecular formula is C19H15N3OS. The number of fused-ring (bicyclic) bond motifs is 1. The van der Waals surface area contributed by atoms with Crippen molar-refractivity contribution >= 4 is 34.1 Å². The lowest BCUT2D eigenvalue weighted by Crippen LogP contribution is -2.19. The minimum atomic E-state index is -0.156. The molecule has 0 saturated heterocycles. The number of nitrogens with zero attached hydrogens (tertiary/aromatic N) is 1. The average molecular weight is 333 g/mol. The highest BCUT2D eigenvalue weighted by Crippen LogP contribution is 2.33. The first-order valence-electron chi connectivity index (χ1n) is 7.65. The Bertz CT molecular complexity index is 888. The van der Waals surface area contributed by atoms with Gasteiger partial charge in [0.25, 0.3) is 5.91 Å². The van der Waals surface area contributed by atoms with Crippen LogP contribution < -0.4 is 10.6 Å². The number of benzene rings is 2. The van der Waals surface area contributed by atoms with E-state index in [1.165, 1.54) is 11.3 Å². The fourth-order valence-electron chi connectivity index (χ4n) is 2.77. The summed E-state index contributed by atoms with van der Waals surface area (Å²) in [6.07, 6.45) is 5.84. The molecule has 2 N–H and O–H groups in total. The number of thiazole rings is 1. The molecule has 0 aliphatic carbocycles. The van der Waals surface area contributed by atoms with Gasteiger partial charge in [-0.25, -0.2) is 4.98 Å². The second-order valence-electron chi connectivity index (χ2n) is 5.45. The molecular weight excluding hydrogens is 318 g/mol. The third-order valence-corrected chi connectivity index (χ3v) is 4.61. The molecule has 4 rings (SSSR count). The quantitative estimate of drug-likeness (QED) is 0.738. The second kappa shape index (κ2) is 6.29. The molecule has 1 aliphatic heterocycles. The predicted octanol–water partition coefficient (Wildman–Crippen LogP) is 4.58. The van der Waals surface area contributed by atoms with Crippen LogP contribution in [0.4, 0.5) is 10.8 Å². The number of nitrogens with one attached hydrogen (secondary N) is 2. The molecule has 3 aromatic rings. The average Bonchev–Trinajstić information content (AvgIpc) is 3.14. The van der Waals surface area contributed by atoms with Crippen molar-refractivity contribution < 1.29 is 4.79 Å². The summed E-state index contributed by atoms with van der Waals surface area (Å²) in [6, 6.07) is 15.9. The Labute approximate surface area is 143 Å². The molecule has 2 heterocycles. The molecule has 0 fully saturated rings. The third-order valence-electron chi connectivity index (χ3n) is 3.92. The maximum absolute atomic E-state index is 12.6. The number of anilines is 2. The largest absolute Gasteiger partial charge is 0.374 e. The fraction of sp³-hybridized carbons (Fsp3) is 0.0526. The second-order valence-corrected chi connectivity index (χ2v) is 6.35. The van der Waals surface area contributed by atoms with Gasteiger partial charge in [0.2, 0.25) is 0 Å². The van der Waals surface area contributed by atoms with Crippen LogP contribution in [0.2, 0.25) is 0 Å². The number of hydrogen-bond acceptors (Lipinski definition) is 4. The van der Waals surface area contributed by atoms with Crippen LogP contribution in [0.3, 0.4) is 0 Å². The lowest BCUT2D eigenvalue weighted by Gasteiger charge is -2.24. The van der Waals surface area contributed by atoms with Crippen molar-refractivity contribution in [3.63, 3.8) is 0 Å². The molecule has 1 amide bonds. The fourth-order valence-corrected chi connectivity index (χ4v) is 3.29. The maximum atomic E-state index is 12.6. The summed E-state index contributed by atoms with van der Waals surface area (Å²) in [5.41, 5.74) is 3.64. The molecule has 24 heavy (non-hydrogen) atoms. The van der Waals surface area contributed by atoms with Gasteiger partial charge in [-0.05, 0) is 17.2 Å². The number of aromatic nitrogens is 1. The van der Waals surface area contributed by atoms with Crippen LogP contribution in [0, 0.1) is 0 Å². The first kappa shape index (κ1) is 14.7. The zero-order valence-electron chi connectivity index (χ0n) is 12.8. The Kier molecular flexibility index (Phi) is 3.84. The van der Waals surface area contributed by atoms with Crippen LogP contribution in [0.1, 0.15) is 27.5 Å². The highest BCUT2D eigenvalue weighted by Gasteiger charge is 2.20. The van der Waals surface area contributed by atoms with Crippen molar-refractivity contribution in [1.29, 1.82) is 0 Å². The summed E-state index contributed by atoms with van der Waals surface area (Å²) in [5, 5.41) is 8.76. The zero-order valence-corrected chi connectivity index (χ0v) is 13.6. The Morgan fingerprint density at radius 2 is 2.00 bits per heavy atom. The van der Waals surface area contributed by atoms with Gasteiger partial charge in [0, 0.05) is 11.6 Å². The molecule has 1 aliphatic rings. The van der Waals surface area contributed by atoms with Crippen LogP contribution in [0.25, 0.3) is 6.08 Å². The van der Waals surface area contributed by atoms with E-state index in [-0.39, 0.29) is 11.9 Å². The summed E-state index contributed by atoms with van der Waals surface area (Å²) in [5.74, 6) is -0.156. The number of rotatable bonds is 3. The van der Waals surface area contributed by atoms with Crippen molar-refractivity contribution in [2.75, 3.05) is 10.6 Å². The molecule has 0 spiro atoms. The number of carbonyl (C=O) groups is 1. The van der Waals surface area contributed by atoms with Gasteiger partial charge in [-0.1, -0.05) is 54.6 Å². The smallest absolute Gasteiger partial charge is 0.259 e. The summed E-state index contributed by atoms with van der Waals surface area (Å²) in [7, 11) is 0. The SMILES string of the molecule is O=C(Nc1nccs1)c1cccc2c1NC(c1ccccc1)C=C2. The minimum Gasteiger partial charge on any atom is -0.374 e. The van der Waals surface area contributed by atoms with Crippen LogP contribution >= 0.6 is 11.3 Å². The molecule has 118 valence electrons. The van der Waals surface area contributed by atoms with E-state index < -0.39 is 0 Å². The predicted molar refractivity (Wildman–Crippen MR) is 98.3 cm³/mol. The van der Waals surface area contributed by atoms with E-state index >= 15 is 0 Å². The molecule has 1 unspecified atom stereocenters. The highest BCUT2D eigenvalue weighted by molar-refractivity contribution is 7.13. The molecule has 0 radical (unpaired) electrons. The normalized spacial score (nSPS) is 15.4. The van der Waals surface area contributed by atoms with Gasteiger partial charge in [-0.3, -0.25) is 10.1 Å². The Balaban J connectivity index is 1.65. The van der Waals surface area contributed by atoms with Crippen molar-refractivity contribution in [3.8, 4) is 0 Å². The zero-order chi connectivity index (χ0) is 16.4. The summed E-state index contributed by atoms with van der Waals surface area (Å²) in [6.45, 7) is 0. The van der Waals surface area contributed by atoms with Gasteiger partial charge in [-0.2, -0.15) is 0 Å². The summed E-state index contributed by atoms with van der Waals surface area (Å²) in [4.78, 5) is 16.7. The monoisotopic (exact) mass is 333 g/mol. The third kappa shape index (κ3) is 2.81. The maximum Gasteiger partial charge on any atom is 0.259 e. The number of hydrogen-bond donors (Lipinski definition) is 2. The van der Waals surface area contributed by atoms with E-state index in [4.69, 9.17) is 0 Å². The van der Waals surface area contributed by atoms with E-state index in [1.54, 1.807) is 6.20 Å². The topological polar surface area (TPSA) is 54.0 Å². The lowest BCUT2D eigenvalue weighted by atomic mass is 9.97. The van der Waals surface area contributed by atoms with Gasteiger partial charge in [-0.15, -0.1) is 11.3 Å². The number of carbonyl (C=O) groups excluding carboxylic acids is 1. The lowest BCUT2D eigenvalue weighted by molar-refractivity contribution is 0.102. The van der Waals surface area contributed by atoms with E-state index in [0.29, 0.717) is 10.7 Å². The van der Waals surface area contributed by atoms with Gasteiger partial charge in [0.1, 0.15) is 0 Å². The van der Waals surface area contributed by atoms with Crippen LogP contribution in [-0.4, -0.2) is 10.9 Å². The standard InChI is InChI=1S/C19H15N3OS/c23-18(22-19-20-11-12-24-19)15-8-4-7-14-9-10-16(21-17(14)15)13-5-2-1-3-6-13/h1-12,16,21H,(H,20,22,23). The van der Waals surface area contributed by atoms with Crippen molar-refractivity contribution in [2.24, 2.45) is 0 Å². The van der Waals surface area contributed by atoms with Crippen LogP contribution in [-0.2, 0) is 0 Å². The molecule has 4 nitrogen and oxygen atoms in total. The van der Waals surface area contributed by atoms with Gasteiger partial charge in [0.05, 0.1) is 17.3 Å². The molecule has 0 saturated carbocycles. The Hall–Kier alpha value is -2.92. The van der Waals surface area contributed by atoms with Crippen LogP contribution in [0.5, 0.6) is 0 Å². The van der Waals surface area contributed by atoms with Crippen molar-refractivity contribution in [2.45, 2.75) is 6.04 Å². The number of para-hydroxylation sites is 1. The minimum absolute atomic E-state index is 0.0486. The Morgan fingerprint density at radius 1 is 1.12 bits per heavy atom. The molecule has 5 heteroatoms. The van der Waals surface area contributed by atoms with Crippen molar-refractivity contribution in [1.82, 2.24) is 4.98 Å². The molecule has 1 atom stereocenters. The van der Waals surface area contributed by atoms with Crippen molar-refractivity contribution in [3.05, 3.63) is 82.9 Å². The molecule has 2 aromatic carbocycles. The summed E-state index contributed by atoms with van der Waals surface area (Å²) >= 11 is 1.40. The first-order chi connectivity index (χ1) is 11.8. The van der Waals surface area contributed by atoms with E-state index in [1.807, 2.05) is 41.8 Å². The van der Waals surface area contributed by atoms with E-state index in [9.17, 15) is 4.79 Å². The first-order valence-corrected chi connectivity index (χ1v) is 8.53. The van der Waals surface area contributed by atoms with E-state index in [0.717, 1.165) is 16.8 Å². The molecule has 0 bridgehead atoms. The number of amides is 1.